The molecule has 5 heteroatoms. The summed E-state index contributed by atoms with van der Waals surface area (Å²) in [6.45, 7) is 9.05. The van der Waals surface area contributed by atoms with Crippen molar-refractivity contribution >= 4 is 5.82 Å². The topological polar surface area (TPSA) is 37.4 Å². The van der Waals surface area contributed by atoms with Crippen molar-refractivity contribution in [1.82, 2.24) is 10.3 Å². The highest BCUT2D eigenvalue weighted by Crippen LogP contribution is 2.20. The van der Waals surface area contributed by atoms with Gasteiger partial charge in [0.2, 0.25) is 0 Å². The van der Waals surface area contributed by atoms with E-state index in [0.717, 1.165) is 24.5 Å². The number of nitrogens with zero attached hydrogens (tertiary/aromatic N) is 2. The van der Waals surface area contributed by atoms with Crippen molar-refractivity contribution in [3.8, 4) is 0 Å². The summed E-state index contributed by atoms with van der Waals surface area (Å²) in [5.74, 6) is 0.529. The van der Waals surface area contributed by atoms with Crippen LogP contribution in [0.4, 0.5) is 10.2 Å². The Hall–Kier alpha value is -1.20. The van der Waals surface area contributed by atoms with Gasteiger partial charge < -0.3 is 15.0 Å². The van der Waals surface area contributed by atoms with Crippen molar-refractivity contribution in [3.63, 3.8) is 0 Å². The van der Waals surface area contributed by atoms with Crippen molar-refractivity contribution in [1.29, 1.82) is 0 Å². The number of ether oxygens (including phenoxy) is 1. The Balaban J connectivity index is 3.00. The first-order chi connectivity index (χ1) is 9.13. The Bertz CT molecular complexity index is 387. The van der Waals surface area contributed by atoms with Gasteiger partial charge in [0.15, 0.2) is 0 Å². The molecule has 0 radical (unpaired) electrons. The lowest BCUT2D eigenvalue weighted by Gasteiger charge is -2.30. The Morgan fingerprint density at radius 1 is 1.47 bits per heavy atom. The highest BCUT2D eigenvalue weighted by Gasteiger charge is 2.17. The second kappa shape index (κ2) is 8.07. The normalized spacial score (nSPS) is 12.5. The van der Waals surface area contributed by atoms with Crippen LogP contribution >= 0.6 is 0 Å². The summed E-state index contributed by atoms with van der Waals surface area (Å²) in [7, 11) is 1.68. The largest absolute Gasteiger partial charge is 0.383 e. The molecule has 1 aromatic rings. The van der Waals surface area contributed by atoms with Crippen molar-refractivity contribution < 1.29 is 9.13 Å². The predicted octanol–water partition coefficient (Wildman–Crippen LogP) is 2.19. The van der Waals surface area contributed by atoms with Gasteiger partial charge in [-0.05, 0) is 26.5 Å². The number of likely N-dealkylation sites (N-methyl/N-ethyl adjacent to an activating group) is 1. The highest BCUT2D eigenvalue weighted by atomic mass is 19.1. The summed E-state index contributed by atoms with van der Waals surface area (Å²) in [4.78, 5) is 6.40. The number of rotatable bonds is 8. The SMILES string of the molecule is CCNCc1cc(F)cnc1N(CC)C(C)COC. The number of pyridine rings is 1. The lowest BCUT2D eigenvalue weighted by Crippen LogP contribution is -2.37. The van der Waals surface area contributed by atoms with Crippen LogP contribution in [-0.2, 0) is 11.3 Å². The van der Waals surface area contributed by atoms with E-state index in [-0.39, 0.29) is 11.9 Å². The van der Waals surface area contributed by atoms with Gasteiger partial charge in [-0.15, -0.1) is 0 Å². The van der Waals surface area contributed by atoms with E-state index in [4.69, 9.17) is 4.74 Å². The maximum Gasteiger partial charge on any atom is 0.141 e. The molecule has 0 aromatic carbocycles. The van der Waals surface area contributed by atoms with E-state index in [2.05, 4.69) is 29.0 Å². The molecule has 1 N–H and O–H groups in total. The predicted molar refractivity (Wildman–Crippen MR) is 75.9 cm³/mol. The number of aromatic nitrogens is 1. The molecule has 1 rings (SSSR count). The quantitative estimate of drug-likeness (QED) is 0.785. The molecule has 0 bridgehead atoms. The summed E-state index contributed by atoms with van der Waals surface area (Å²) >= 11 is 0. The summed E-state index contributed by atoms with van der Waals surface area (Å²) < 4.78 is 18.6. The maximum atomic E-state index is 13.4. The highest BCUT2D eigenvalue weighted by molar-refractivity contribution is 5.47. The lowest BCUT2D eigenvalue weighted by molar-refractivity contribution is 0.181. The van der Waals surface area contributed by atoms with Gasteiger partial charge in [-0.1, -0.05) is 6.92 Å². The van der Waals surface area contributed by atoms with Crippen LogP contribution in [0, 0.1) is 5.82 Å². The van der Waals surface area contributed by atoms with Crippen LogP contribution in [0.5, 0.6) is 0 Å². The second-order valence-corrected chi connectivity index (χ2v) is 4.51. The number of hydrogen-bond donors (Lipinski definition) is 1. The van der Waals surface area contributed by atoms with E-state index in [1.807, 2.05) is 6.92 Å². The van der Waals surface area contributed by atoms with Crippen LogP contribution in [-0.4, -0.2) is 37.8 Å². The van der Waals surface area contributed by atoms with Crippen LogP contribution < -0.4 is 10.2 Å². The molecule has 0 amide bonds. The molecule has 0 aliphatic rings. The van der Waals surface area contributed by atoms with E-state index in [1.165, 1.54) is 6.20 Å². The smallest absolute Gasteiger partial charge is 0.141 e. The van der Waals surface area contributed by atoms with Gasteiger partial charge in [-0.3, -0.25) is 0 Å². The summed E-state index contributed by atoms with van der Waals surface area (Å²) in [5, 5.41) is 3.22. The molecule has 0 spiro atoms. The van der Waals surface area contributed by atoms with Gasteiger partial charge >= 0.3 is 0 Å². The van der Waals surface area contributed by atoms with E-state index >= 15 is 0 Å². The Labute approximate surface area is 115 Å². The zero-order chi connectivity index (χ0) is 14.3. The average Bonchev–Trinajstić information content (AvgIpc) is 2.39. The first-order valence-corrected chi connectivity index (χ1v) is 6.74. The van der Waals surface area contributed by atoms with Crippen LogP contribution in [0.15, 0.2) is 12.3 Å². The first kappa shape index (κ1) is 15.9. The van der Waals surface area contributed by atoms with Crippen LogP contribution in [0.2, 0.25) is 0 Å². The van der Waals surface area contributed by atoms with Gasteiger partial charge in [0.25, 0.3) is 0 Å². The van der Waals surface area contributed by atoms with Crippen molar-refractivity contribution in [3.05, 3.63) is 23.6 Å². The molecule has 0 aliphatic heterocycles. The molecule has 108 valence electrons. The van der Waals surface area contributed by atoms with Crippen molar-refractivity contribution in [2.24, 2.45) is 0 Å². The second-order valence-electron chi connectivity index (χ2n) is 4.51. The zero-order valence-corrected chi connectivity index (χ0v) is 12.2. The number of nitrogens with one attached hydrogen (secondary N) is 1. The van der Waals surface area contributed by atoms with E-state index in [0.29, 0.717) is 13.2 Å². The van der Waals surface area contributed by atoms with Gasteiger partial charge in [0, 0.05) is 25.8 Å². The molecule has 1 heterocycles. The maximum absolute atomic E-state index is 13.4. The molecular weight excluding hydrogens is 245 g/mol. The molecule has 0 saturated carbocycles. The third-order valence-electron chi connectivity index (χ3n) is 3.03. The van der Waals surface area contributed by atoms with Crippen LogP contribution in [0.1, 0.15) is 26.3 Å². The standard InChI is InChI=1S/C14H24FN3O/c1-5-16-8-12-7-13(15)9-17-14(12)18(6-2)11(3)10-19-4/h7,9,11,16H,5-6,8,10H2,1-4H3. The lowest BCUT2D eigenvalue weighted by atomic mass is 10.2. The van der Waals surface area contributed by atoms with Gasteiger partial charge in [0.1, 0.15) is 11.6 Å². The Morgan fingerprint density at radius 3 is 2.79 bits per heavy atom. The molecule has 1 atom stereocenters. The number of hydrogen-bond acceptors (Lipinski definition) is 4. The van der Waals surface area contributed by atoms with Gasteiger partial charge in [0.05, 0.1) is 18.8 Å². The molecule has 4 nitrogen and oxygen atoms in total. The minimum Gasteiger partial charge on any atom is -0.383 e. The Morgan fingerprint density at radius 2 is 2.21 bits per heavy atom. The van der Waals surface area contributed by atoms with Crippen molar-refractivity contribution in [2.45, 2.75) is 33.4 Å². The molecule has 1 unspecified atom stereocenters. The zero-order valence-electron chi connectivity index (χ0n) is 12.2. The molecule has 0 fully saturated rings. The summed E-state index contributed by atoms with van der Waals surface area (Å²) in [6.07, 6.45) is 1.27. The van der Waals surface area contributed by atoms with Gasteiger partial charge in [-0.25, -0.2) is 9.37 Å². The minimum atomic E-state index is -0.299. The van der Waals surface area contributed by atoms with Crippen LogP contribution in [0.3, 0.4) is 0 Å². The molecule has 0 saturated heterocycles. The Kier molecular flexibility index (Phi) is 6.73. The molecular formula is C14H24FN3O. The van der Waals surface area contributed by atoms with Crippen molar-refractivity contribution in [2.75, 3.05) is 31.7 Å². The number of halogens is 1. The monoisotopic (exact) mass is 269 g/mol. The van der Waals surface area contributed by atoms with Crippen LogP contribution in [0.25, 0.3) is 0 Å². The number of methoxy groups -OCH3 is 1. The van der Waals surface area contributed by atoms with E-state index in [9.17, 15) is 4.39 Å². The first-order valence-electron chi connectivity index (χ1n) is 6.74. The summed E-state index contributed by atoms with van der Waals surface area (Å²) in [5.41, 5.74) is 0.881. The van der Waals surface area contributed by atoms with Gasteiger partial charge in [-0.2, -0.15) is 0 Å². The fourth-order valence-corrected chi connectivity index (χ4v) is 2.12. The molecule has 1 aromatic heterocycles. The fourth-order valence-electron chi connectivity index (χ4n) is 2.12. The fraction of sp³-hybridized carbons (Fsp3) is 0.643. The molecule has 0 aliphatic carbocycles. The average molecular weight is 269 g/mol. The summed E-state index contributed by atoms with van der Waals surface area (Å²) in [6, 6.07) is 1.75. The third kappa shape index (κ3) is 4.44. The number of anilines is 1. The minimum absolute atomic E-state index is 0.202. The van der Waals surface area contributed by atoms with E-state index in [1.54, 1.807) is 13.2 Å². The third-order valence-corrected chi connectivity index (χ3v) is 3.03. The van der Waals surface area contributed by atoms with E-state index < -0.39 is 0 Å². The molecule has 19 heavy (non-hydrogen) atoms.